The number of nitrogens with two attached hydrogens (primary N) is 1. The SMILES string of the molecule is NCCc1nc(CC2CCCCN2)no1. The lowest BCUT2D eigenvalue weighted by atomic mass is 10.0. The van der Waals surface area contributed by atoms with Gasteiger partial charge < -0.3 is 15.6 Å². The third kappa shape index (κ3) is 3.00. The molecular formula is C10H18N4O. The predicted molar refractivity (Wildman–Crippen MR) is 56.4 cm³/mol. The molecule has 1 aliphatic rings. The number of aromatic nitrogens is 2. The second kappa shape index (κ2) is 5.23. The fraction of sp³-hybridized carbons (Fsp3) is 0.800. The Morgan fingerprint density at radius 3 is 3.13 bits per heavy atom. The number of piperidine rings is 1. The molecular weight excluding hydrogens is 192 g/mol. The van der Waals surface area contributed by atoms with Crippen LogP contribution in [-0.2, 0) is 12.8 Å². The van der Waals surface area contributed by atoms with Gasteiger partial charge in [-0.1, -0.05) is 11.6 Å². The number of rotatable bonds is 4. The Balaban J connectivity index is 1.86. The van der Waals surface area contributed by atoms with E-state index < -0.39 is 0 Å². The zero-order valence-electron chi connectivity index (χ0n) is 8.91. The Morgan fingerprint density at radius 2 is 2.40 bits per heavy atom. The molecule has 15 heavy (non-hydrogen) atoms. The van der Waals surface area contributed by atoms with Crippen molar-refractivity contribution < 1.29 is 4.52 Å². The van der Waals surface area contributed by atoms with Crippen LogP contribution in [0.2, 0.25) is 0 Å². The maximum Gasteiger partial charge on any atom is 0.227 e. The van der Waals surface area contributed by atoms with E-state index in [1.807, 2.05) is 0 Å². The monoisotopic (exact) mass is 210 g/mol. The van der Waals surface area contributed by atoms with Crippen LogP contribution in [0, 0.1) is 0 Å². The predicted octanol–water partition coefficient (Wildman–Crippen LogP) is 0.255. The van der Waals surface area contributed by atoms with Gasteiger partial charge in [0.25, 0.3) is 0 Å². The van der Waals surface area contributed by atoms with Gasteiger partial charge in [-0.05, 0) is 19.4 Å². The van der Waals surface area contributed by atoms with Crippen LogP contribution in [0.1, 0.15) is 31.0 Å². The lowest BCUT2D eigenvalue weighted by molar-refractivity contribution is 0.361. The lowest BCUT2D eigenvalue weighted by Gasteiger charge is -2.21. The van der Waals surface area contributed by atoms with Crippen LogP contribution in [0.4, 0.5) is 0 Å². The first-order valence-electron chi connectivity index (χ1n) is 5.63. The normalized spacial score (nSPS) is 21.8. The van der Waals surface area contributed by atoms with E-state index in [1.54, 1.807) is 0 Å². The number of hydrogen-bond acceptors (Lipinski definition) is 5. The summed E-state index contributed by atoms with van der Waals surface area (Å²) >= 11 is 0. The highest BCUT2D eigenvalue weighted by molar-refractivity contribution is 4.91. The van der Waals surface area contributed by atoms with E-state index in [-0.39, 0.29) is 0 Å². The highest BCUT2D eigenvalue weighted by Crippen LogP contribution is 2.11. The van der Waals surface area contributed by atoms with Gasteiger partial charge in [0, 0.05) is 25.4 Å². The first kappa shape index (κ1) is 10.6. The zero-order valence-corrected chi connectivity index (χ0v) is 8.91. The second-order valence-corrected chi connectivity index (χ2v) is 3.99. The molecule has 0 aliphatic carbocycles. The molecule has 5 nitrogen and oxygen atoms in total. The minimum Gasteiger partial charge on any atom is -0.339 e. The van der Waals surface area contributed by atoms with Crippen LogP contribution in [0.5, 0.6) is 0 Å². The quantitative estimate of drug-likeness (QED) is 0.745. The maximum atomic E-state index is 5.41. The van der Waals surface area contributed by atoms with Crippen LogP contribution >= 0.6 is 0 Å². The molecule has 2 rings (SSSR count). The Kier molecular flexibility index (Phi) is 3.69. The van der Waals surface area contributed by atoms with Crippen molar-refractivity contribution in [3.05, 3.63) is 11.7 Å². The van der Waals surface area contributed by atoms with E-state index >= 15 is 0 Å². The average Bonchev–Trinajstić information content (AvgIpc) is 2.68. The minimum absolute atomic E-state index is 0.516. The van der Waals surface area contributed by atoms with Crippen LogP contribution in [-0.4, -0.2) is 29.3 Å². The summed E-state index contributed by atoms with van der Waals surface area (Å²) < 4.78 is 5.08. The molecule has 1 unspecified atom stereocenters. The summed E-state index contributed by atoms with van der Waals surface area (Å²) in [4.78, 5) is 4.30. The third-order valence-corrected chi connectivity index (χ3v) is 2.71. The molecule has 1 atom stereocenters. The van der Waals surface area contributed by atoms with Crippen molar-refractivity contribution in [2.24, 2.45) is 5.73 Å². The number of nitrogens with zero attached hydrogens (tertiary/aromatic N) is 2. The Morgan fingerprint density at radius 1 is 1.47 bits per heavy atom. The summed E-state index contributed by atoms with van der Waals surface area (Å²) in [7, 11) is 0. The zero-order chi connectivity index (χ0) is 10.5. The molecule has 0 saturated carbocycles. The van der Waals surface area contributed by atoms with Gasteiger partial charge in [-0.25, -0.2) is 0 Å². The van der Waals surface area contributed by atoms with Crippen molar-refractivity contribution in [2.45, 2.75) is 38.1 Å². The Hall–Kier alpha value is -0.940. The second-order valence-electron chi connectivity index (χ2n) is 3.99. The number of nitrogens with one attached hydrogen (secondary N) is 1. The fourth-order valence-corrected chi connectivity index (χ4v) is 1.92. The van der Waals surface area contributed by atoms with E-state index in [4.69, 9.17) is 10.3 Å². The average molecular weight is 210 g/mol. The van der Waals surface area contributed by atoms with Gasteiger partial charge in [0.1, 0.15) is 0 Å². The molecule has 0 amide bonds. The molecule has 2 heterocycles. The number of hydrogen-bond donors (Lipinski definition) is 2. The van der Waals surface area contributed by atoms with Crippen LogP contribution < -0.4 is 11.1 Å². The summed E-state index contributed by atoms with van der Waals surface area (Å²) in [5, 5.41) is 7.41. The third-order valence-electron chi connectivity index (χ3n) is 2.71. The molecule has 0 radical (unpaired) electrons. The van der Waals surface area contributed by atoms with Crippen molar-refractivity contribution >= 4 is 0 Å². The summed E-state index contributed by atoms with van der Waals surface area (Å²) in [6.45, 7) is 1.67. The topological polar surface area (TPSA) is 77.0 Å². The highest BCUT2D eigenvalue weighted by atomic mass is 16.5. The first-order chi connectivity index (χ1) is 7.38. The molecule has 1 aromatic heterocycles. The summed E-state index contributed by atoms with van der Waals surface area (Å²) in [6.07, 6.45) is 5.33. The van der Waals surface area contributed by atoms with Gasteiger partial charge in [-0.3, -0.25) is 0 Å². The maximum absolute atomic E-state index is 5.41. The Labute approximate surface area is 89.4 Å². The van der Waals surface area contributed by atoms with E-state index in [0.29, 0.717) is 24.9 Å². The van der Waals surface area contributed by atoms with Crippen molar-refractivity contribution in [1.29, 1.82) is 0 Å². The van der Waals surface area contributed by atoms with Crippen molar-refractivity contribution in [2.75, 3.05) is 13.1 Å². The van der Waals surface area contributed by atoms with Crippen LogP contribution in [0.15, 0.2) is 4.52 Å². The van der Waals surface area contributed by atoms with E-state index in [9.17, 15) is 0 Å². The lowest BCUT2D eigenvalue weighted by Crippen LogP contribution is -2.35. The summed E-state index contributed by atoms with van der Waals surface area (Å²) in [5.41, 5.74) is 5.41. The molecule has 0 spiro atoms. The molecule has 1 aliphatic heterocycles. The van der Waals surface area contributed by atoms with Crippen molar-refractivity contribution in [1.82, 2.24) is 15.5 Å². The van der Waals surface area contributed by atoms with Gasteiger partial charge in [-0.2, -0.15) is 4.98 Å². The molecule has 0 bridgehead atoms. The molecule has 84 valence electrons. The summed E-state index contributed by atoms with van der Waals surface area (Å²) in [5.74, 6) is 1.46. The van der Waals surface area contributed by atoms with Crippen LogP contribution in [0.25, 0.3) is 0 Å². The Bertz CT molecular complexity index is 293. The van der Waals surface area contributed by atoms with E-state index in [2.05, 4.69) is 15.5 Å². The van der Waals surface area contributed by atoms with Gasteiger partial charge in [0.05, 0.1) is 0 Å². The minimum atomic E-state index is 0.516. The van der Waals surface area contributed by atoms with E-state index in [0.717, 1.165) is 18.8 Å². The molecule has 1 aromatic rings. The van der Waals surface area contributed by atoms with Gasteiger partial charge in [0.2, 0.25) is 5.89 Å². The molecule has 1 fully saturated rings. The fourth-order valence-electron chi connectivity index (χ4n) is 1.92. The van der Waals surface area contributed by atoms with Gasteiger partial charge in [-0.15, -0.1) is 0 Å². The van der Waals surface area contributed by atoms with Crippen LogP contribution in [0.3, 0.4) is 0 Å². The van der Waals surface area contributed by atoms with Gasteiger partial charge >= 0.3 is 0 Å². The standard InChI is InChI=1S/C10H18N4O/c11-5-4-10-13-9(14-15-10)7-8-3-1-2-6-12-8/h8,12H,1-7,11H2. The highest BCUT2D eigenvalue weighted by Gasteiger charge is 2.16. The summed E-state index contributed by atoms with van der Waals surface area (Å²) in [6, 6.07) is 0.516. The molecule has 5 heteroatoms. The van der Waals surface area contributed by atoms with Crippen molar-refractivity contribution in [3.63, 3.8) is 0 Å². The van der Waals surface area contributed by atoms with Crippen molar-refractivity contribution in [3.8, 4) is 0 Å². The van der Waals surface area contributed by atoms with Gasteiger partial charge in [0.15, 0.2) is 5.82 Å². The first-order valence-corrected chi connectivity index (χ1v) is 5.63. The largest absolute Gasteiger partial charge is 0.339 e. The molecule has 0 aromatic carbocycles. The molecule has 3 N–H and O–H groups in total. The molecule has 1 saturated heterocycles. The smallest absolute Gasteiger partial charge is 0.227 e. The van der Waals surface area contributed by atoms with E-state index in [1.165, 1.54) is 19.3 Å².